The monoisotopic (exact) mass is 241 g/mol. The molecule has 0 heterocycles. The summed E-state index contributed by atoms with van der Waals surface area (Å²) in [4.78, 5) is 0. The van der Waals surface area contributed by atoms with Crippen LogP contribution in [0.5, 0.6) is 0 Å². The second-order valence-corrected chi connectivity index (χ2v) is 6.33. The molecule has 16 heavy (non-hydrogen) atoms. The lowest BCUT2D eigenvalue weighted by Crippen LogP contribution is -2.17. The van der Waals surface area contributed by atoms with Gasteiger partial charge in [-0.2, -0.15) is 0 Å². The molecule has 0 aromatic heterocycles. The van der Waals surface area contributed by atoms with Crippen molar-refractivity contribution in [2.75, 3.05) is 19.0 Å². The fraction of sp³-hybridized carbons (Fsp3) is 0.714. The maximum absolute atomic E-state index is 4.09. The van der Waals surface area contributed by atoms with E-state index in [1.807, 2.05) is 0 Å². The molecule has 94 valence electrons. The largest absolute Gasteiger partial charge is 0.309 e. The zero-order chi connectivity index (χ0) is 12.6. The highest BCUT2D eigenvalue weighted by molar-refractivity contribution is 7.37. The zero-order valence-electron chi connectivity index (χ0n) is 11.4. The number of allylic oxidation sites excluding steroid dienone is 1. The van der Waals surface area contributed by atoms with E-state index in [2.05, 4.69) is 46.2 Å². The fourth-order valence-corrected chi connectivity index (χ4v) is 2.12. The van der Waals surface area contributed by atoms with Crippen LogP contribution in [0, 0.1) is 11.8 Å². The molecule has 0 radical (unpaired) electrons. The second-order valence-electron chi connectivity index (χ2n) is 4.98. The maximum Gasteiger partial charge on any atom is 0.0167 e. The minimum atomic E-state index is 0.594. The summed E-state index contributed by atoms with van der Waals surface area (Å²) in [6.45, 7) is 17.9. The third-order valence-electron chi connectivity index (χ3n) is 2.86. The zero-order valence-corrected chi connectivity index (χ0v) is 12.4. The van der Waals surface area contributed by atoms with Crippen LogP contribution in [-0.4, -0.2) is 19.0 Å². The Labute approximate surface area is 104 Å². The first kappa shape index (κ1) is 15.9. The first-order chi connectivity index (χ1) is 7.45. The lowest BCUT2D eigenvalue weighted by Gasteiger charge is -2.11. The van der Waals surface area contributed by atoms with Crippen LogP contribution in [0.4, 0.5) is 0 Å². The Morgan fingerprint density at radius 3 is 2.12 bits per heavy atom. The molecule has 1 atom stereocenters. The van der Waals surface area contributed by atoms with Crippen LogP contribution in [0.25, 0.3) is 0 Å². The van der Waals surface area contributed by atoms with Crippen molar-refractivity contribution in [2.24, 2.45) is 11.8 Å². The lowest BCUT2D eigenvalue weighted by atomic mass is 10.0. The van der Waals surface area contributed by atoms with Gasteiger partial charge in [-0.25, -0.2) is 0 Å². The van der Waals surface area contributed by atoms with E-state index in [0.717, 1.165) is 21.4 Å². The van der Waals surface area contributed by atoms with Crippen LogP contribution in [0.15, 0.2) is 24.3 Å². The third kappa shape index (κ3) is 8.07. The Morgan fingerprint density at radius 2 is 1.62 bits per heavy atom. The first-order valence-corrected chi connectivity index (χ1v) is 7.63. The molecule has 0 bridgehead atoms. The average Bonchev–Trinajstić information content (AvgIpc) is 2.21. The quantitative estimate of drug-likeness (QED) is 0.365. The molecular weight excluding hydrogens is 213 g/mol. The van der Waals surface area contributed by atoms with Crippen LogP contribution in [0.3, 0.4) is 0 Å². The normalized spacial score (nSPS) is 11.9. The van der Waals surface area contributed by atoms with Crippen molar-refractivity contribution in [2.45, 2.75) is 34.1 Å². The summed E-state index contributed by atoms with van der Waals surface area (Å²) in [7, 11) is 0.998. The van der Waals surface area contributed by atoms with Gasteiger partial charge in [0.15, 0.2) is 0 Å². The molecule has 0 fully saturated rings. The van der Waals surface area contributed by atoms with E-state index in [0.29, 0.717) is 11.8 Å². The minimum absolute atomic E-state index is 0.594. The summed E-state index contributed by atoms with van der Waals surface area (Å²) in [6, 6.07) is 0. The van der Waals surface area contributed by atoms with Crippen molar-refractivity contribution in [1.29, 1.82) is 0 Å². The molecule has 1 nitrogen and oxygen atoms in total. The standard InChI is InChI=1S/C14H28NP/c1-11(2)13(5)7-8-16-10-15-9-14(6)12(3)4/h11-12,15-16H,5-10H2,1-4H3. The van der Waals surface area contributed by atoms with Gasteiger partial charge in [-0.15, -0.1) is 8.58 Å². The van der Waals surface area contributed by atoms with E-state index in [1.165, 1.54) is 23.7 Å². The molecule has 2 heteroatoms. The van der Waals surface area contributed by atoms with Crippen molar-refractivity contribution in [3.63, 3.8) is 0 Å². The van der Waals surface area contributed by atoms with Gasteiger partial charge in [0.1, 0.15) is 0 Å². The summed E-state index contributed by atoms with van der Waals surface area (Å²) >= 11 is 0. The topological polar surface area (TPSA) is 12.0 Å². The molecule has 0 spiro atoms. The van der Waals surface area contributed by atoms with Gasteiger partial charge < -0.3 is 5.32 Å². The first-order valence-electron chi connectivity index (χ1n) is 6.22. The Morgan fingerprint density at radius 1 is 1.06 bits per heavy atom. The molecule has 0 aliphatic carbocycles. The van der Waals surface area contributed by atoms with E-state index in [-0.39, 0.29) is 0 Å². The summed E-state index contributed by atoms with van der Waals surface area (Å²) in [5, 5.41) is 3.45. The van der Waals surface area contributed by atoms with Crippen molar-refractivity contribution in [3.8, 4) is 0 Å². The third-order valence-corrected chi connectivity index (χ3v) is 3.96. The summed E-state index contributed by atoms with van der Waals surface area (Å²) < 4.78 is 0. The molecule has 1 unspecified atom stereocenters. The van der Waals surface area contributed by atoms with Gasteiger partial charge in [-0.1, -0.05) is 52.0 Å². The van der Waals surface area contributed by atoms with Crippen molar-refractivity contribution >= 4 is 8.58 Å². The molecule has 0 aromatic carbocycles. The number of hydrogen-bond donors (Lipinski definition) is 1. The van der Waals surface area contributed by atoms with Crippen LogP contribution in [0.2, 0.25) is 0 Å². The van der Waals surface area contributed by atoms with Crippen LogP contribution in [-0.2, 0) is 0 Å². The molecule has 0 rings (SSSR count). The SMILES string of the molecule is C=C(CCPCNCC(=C)C(C)C)C(C)C. The van der Waals surface area contributed by atoms with Crippen molar-refractivity contribution in [1.82, 2.24) is 5.32 Å². The Bertz CT molecular complexity index is 195. The van der Waals surface area contributed by atoms with Gasteiger partial charge in [-0.05, 0) is 24.4 Å². The van der Waals surface area contributed by atoms with Gasteiger partial charge in [0, 0.05) is 12.8 Å². The van der Waals surface area contributed by atoms with E-state index < -0.39 is 0 Å². The highest BCUT2D eigenvalue weighted by Gasteiger charge is 2.00. The van der Waals surface area contributed by atoms with Crippen molar-refractivity contribution in [3.05, 3.63) is 24.3 Å². The number of hydrogen-bond acceptors (Lipinski definition) is 1. The highest BCUT2D eigenvalue weighted by atomic mass is 31.1. The highest BCUT2D eigenvalue weighted by Crippen LogP contribution is 2.17. The minimum Gasteiger partial charge on any atom is -0.309 e. The molecule has 1 N–H and O–H groups in total. The predicted molar refractivity (Wildman–Crippen MR) is 78.6 cm³/mol. The van der Waals surface area contributed by atoms with Gasteiger partial charge in [0.25, 0.3) is 0 Å². The smallest absolute Gasteiger partial charge is 0.0167 e. The Hall–Kier alpha value is -0.130. The Balaban J connectivity index is 3.35. The molecule has 0 saturated carbocycles. The maximum atomic E-state index is 4.09. The molecular formula is C14H28NP. The summed E-state index contributed by atoms with van der Waals surface area (Å²) in [5.41, 5.74) is 2.69. The number of rotatable bonds is 9. The van der Waals surface area contributed by atoms with E-state index in [4.69, 9.17) is 0 Å². The molecule has 0 amide bonds. The average molecular weight is 241 g/mol. The summed E-state index contributed by atoms with van der Waals surface area (Å²) in [6.07, 6.45) is 3.58. The van der Waals surface area contributed by atoms with E-state index >= 15 is 0 Å². The number of nitrogens with one attached hydrogen (secondary N) is 1. The van der Waals surface area contributed by atoms with Gasteiger partial charge in [0.05, 0.1) is 0 Å². The van der Waals surface area contributed by atoms with Gasteiger partial charge in [0.2, 0.25) is 0 Å². The fourth-order valence-electron chi connectivity index (χ4n) is 1.14. The van der Waals surface area contributed by atoms with Crippen molar-refractivity contribution < 1.29 is 0 Å². The van der Waals surface area contributed by atoms with Crippen LogP contribution >= 0.6 is 8.58 Å². The summed E-state index contributed by atoms with van der Waals surface area (Å²) in [5.74, 6) is 1.23. The molecule has 0 saturated heterocycles. The lowest BCUT2D eigenvalue weighted by molar-refractivity contribution is 0.703. The van der Waals surface area contributed by atoms with E-state index in [9.17, 15) is 0 Å². The van der Waals surface area contributed by atoms with Gasteiger partial charge in [-0.3, -0.25) is 0 Å². The Kier molecular flexibility index (Phi) is 8.89. The molecule has 0 aromatic rings. The van der Waals surface area contributed by atoms with Crippen LogP contribution < -0.4 is 5.32 Å². The molecule has 0 aliphatic heterocycles. The predicted octanol–water partition coefficient (Wildman–Crippen LogP) is 4.03. The molecule has 0 aliphatic rings. The second kappa shape index (κ2) is 8.96. The van der Waals surface area contributed by atoms with Gasteiger partial charge >= 0.3 is 0 Å². The van der Waals surface area contributed by atoms with E-state index in [1.54, 1.807) is 0 Å². The van der Waals surface area contributed by atoms with Crippen LogP contribution in [0.1, 0.15) is 34.1 Å².